The zero-order valence-electron chi connectivity index (χ0n) is 12.3. The highest BCUT2D eigenvalue weighted by atomic mass is 16.2. The van der Waals surface area contributed by atoms with E-state index < -0.39 is 0 Å². The molecule has 4 nitrogen and oxygen atoms in total. The fourth-order valence-electron chi connectivity index (χ4n) is 3.36. The van der Waals surface area contributed by atoms with E-state index in [9.17, 15) is 4.79 Å². The van der Waals surface area contributed by atoms with Gasteiger partial charge in [-0.2, -0.15) is 0 Å². The van der Waals surface area contributed by atoms with Crippen molar-refractivity contribution in [1.29, 1.82) is 0 Å². The number of benzene rings is 1. The van der Waals surface area contributed by atoms with Crippen LogP contribution < -0.4 is 5.32 Å². The predicted octanol–water partition coefficient (Wildman–Crippen LogP) is 1.43. The number of likely N-dealkylation sites (tertiary alicyclic amines) is 1. The second-order valence-electron chi connectivity index (χ2n) is 6.08. The van der Waals surface area contributed by atoms with Crippen LogP contribution in [0.3, 0.4) is 0 Å². The van der Waals surface area contributed by atoms with Crippen molar-refractivity contribution in [3.05, 3.63) is 35.9 Å². The standard InChI is InChI=1S/C16H23N3O/c1-13-17-16(15(20)18(13)2)8-10-19(11-9-16)12-14-6-4-3-5-7-14/h3-7,13,17H,8-12H2,1-2H3. The smallest absolute Gasteiger partial charge is 0.244 e. The van der Waals surface area contributed by atoms with Crippen LogP contribution in [0.15, 0.2) is 30.3 Å². The highest BCUT2D eigenvalue weighted by Crippen LogP contribution is 2.30. The van der Waals surface area contributed by atoms with Gasteiger partial charge in [-0.3, -0.25) is 15.0 Å². The van der Waals surface area contributed by atoms with Gasteiger partial charge in [-0.05, 0) is 25.3 Å². The lowest BCUT2D eigenvalue weighted by molar-refractivity contribution is -0.133. The van der Waals surface area contributed by atoms with Crippen LogP contribution in [0.1, 0.15) is 25.3 Å². The van der Waals surface area contributed by atoms with Crippen LogP contribution in [-0.2, 0) is 11.3 Å². The number of hydrogen-bond donors (Lipinski definition) is 1. The largest absolute Gasteiger partial charge is 0.329 e. The molecule has 2 fully saturated rings. The zero-order valence-corrected chi connectivity index (χ0v) is 12.3. The van der Waals surface area contributed by atoms with Gasteiger partial charge >= 0.3 is 0 Å². The molecule has 0 bridgehead atoms. The van der Waals surface area contributed by atoms with Crippen LogP contribution in [-0.4, -0.2) is 47.5 Å². The van der Waals surface area contributed by atoms with E-state index in [2.05, 4.69) is 41.4 Å². The van der Waals surface area contributed by atoms with Crippen LogP contribution in [0, 0.1) is 0 Å². The van der Waals surface area contributed by atoms with Crippen molar-refractivity contribution in [1.82, 2.24) is 15.1 Å². The third-order valence-corrected chi connectivity index (χ3v) is 4.75. The molecule has 1 spiro atoms. The Hall–Kier alpha value is -1.39. The van der Waals surface area contributed by atoms with E-state index in [1.807, 2.05) is 18.0 Å². The minimum absolute atomic E-state index is 0.156. The molecule has 4 heteroatoms. The summed E-state index contributed by atoms with van der Waals surface area (Å²) in [5.41, 5.74) is 1.04. The Morgan fingerprint density at radius 1 is 1.25 bits per heavy atom. The number of carbonyl (C=O) groups excluding carboxylic acids is 1. The van der Waals surface area contributed by atoms with E-state index in [1.165, 1.54) is 5.56 Å². The number of likely N-dealkylation sites (N-methyl/N-ethyl adjacent to an activating group) is 1. The molecular weight excluding hydrogens is 250 g/mol. The third-order valence-electron chi connectivity index (χ3n) is 4.75. The lowest BCUT2D eigenvalue weighted by Gasteiger charge is -2.37. The maximum absolute atomic E-state index is 12.4. The minimum Gasteiger partial charge on any atom is -0.329 e. The van der Waals surface area contributed by atoms with Gasteiger partial charge in [0.2, 0.25) is 5.91 Å². The molecule has 1 N–H and O–H groups in total. The molecule has 1 atom stereocenters. The molecule has 0 radical (unpaired) electrons. The highest BCUT2D eigenvalue weighted by molar-refractivity contribution is 5.88. The van der Waals surface area contributed by atoms with Gasteiger partial charge in [0.25, 0.3) is 0 Å². The lowest BCUT2D eigenvalue weighted by Crippen LogP contribution is -2.54. The van der Waals surface area contributed by atoms with Crippen molar-refractivity contribution in [2.24, 2.45) is 0 Å². The second kappa shape index (κ2) is 5.19. The Labute approximate surface area is 120 Å². The molecule has 0 aromatic heterocycles. The molecule has 2 aliphatic rings. The first kappa shape index (κ1) is 13.6. The molecule has 0 aliphatic carbocycles. The van der Waals surface area contributed by atoms with E-state index in [-0.39, 0.29) is 17.6 Å². The second-order valence-corrected chi connectivity index (χ2v) is 6.08. The van der Waals surface area contributed by atoms with Crippen LogP contribution in [0.5, 0.6) is 0 Å². The van der Waals surface area contributed by atoms with Gasteiger partial charge in [0.1, 0.15) is 5.54 Å². The van der Waals surface area contributed by atoms with E-state index in [4.69, 9.17) is 0 Å². The Balaban J connectivity index is 1.61. The SMILES string of the molecule is CC1NC2(CCN(Cc3ccccc3)CC2)C(=O)N1C. The minimum atomic E-state index is -0.304. The number of rotatable bonds is 2. The van der Waals surface area contributed by atoms with Crippen molar-refractivity contribution in [2.45, 2.75) is 38.0 Å². The third kappa shape index (κ3) is 2.34. The molecule has 20 heavy (non-hydrogen) atoms. The van der Waals surface area contributed by atoms with Gasteiger partial charge in [-0.25, -0.2) is 0 Å². The summed E-state index contributed by atoms with van der Waals surface area (Å²) in [5, 5.41) is 3.50. The fraction of sp³-hybridized carbons (Fsp3) is 0.562. The Kier molecular flexibility index (Phi) is 3.52. The fourth-order valence-corrected chi connectivity index (χ4v) is 3.36. The van der Waals surface area contributed by atoms with E-state index >= 15 is 0 Å². The molecule has 1 amide bonds. The van der Waals surface area contributed by atoms with E-state index in [1.54, 1.807) is 0 Å². The van der Waals surface area contributed by atoms with Crippen LogP contribution in [0.2, 0.25) is 0 Å². The first-order valence-electron chi connectivity index (χ1n) is 7.42. The first-order valence-corrected chi connectivity index (χ1v) is 7.42. The van der Waals surface area contributed by atoms with Crippen molar-refractivity contribution in [3.8, 4) is 0 Å². The molecule has 3 rings (SSSR count). The molecule has 2 heterocycles. The Bertz CT molecular complexity index is 480. The number of piperidine rings is 1. The van der Waals surface area contributed by atoms with Gasteiger partial charge in [0, 0.05) is 26.7 Å². The van der Waals surface area contributed by atoms with Crippen molar-refractivity contribution in [3.63, 3.8) is 0 Å². The monoisotopic (exact) mass is 273 g/mol. The lowest BCUT2D eigenvalue weighted by atomic mass is 9.87. The molecule has 1 unspecified atom stereocenters. The van der Waals surface area contributed by atoms with Crippen LogP contribution >= 0.6 is 0 Å². The molecule has 2 aliphatic heterocycles. The number of nitrogens with one attached hydrogen (secondary N) is 1. The van der Waals surface area contributed by atoms with Gasteiger partial charge < -0.3 is 4.90 Å². The van der Waals surface area contributed by atoms with Gasteiger partial charge in [0.05, 0.1) is 6.17 Å². The molecule has 1 aromatic carbocycles. The summed E-state index contributed by atoms with van der Waals surface area (Å²) in [7, 11) is 1.89. The number of carbonyl (C=O) groups is 1. The summed E-state index contributed by atoms with van der Waals surface area (Å²) < 4.78 is 0. The molecule has 1 aromatic rings. The van der Waals surface area contributed by atoms with Crippen LogP contribution in [0.4, 0.5) is 0 Å². The summed E-state index contributed by atoms with van der Waals surface area (Å²) in [5.74, 6) is 0.268. The highest BCUT2D eigenvalue weighted by Gasteiger charge is 2.49. The van der Waals surface area contributed by atoms with Crippen molar-refractivity contribution >= 4 is 5.91 Å². The van der Waals surface area contributed by atoms with Gasteiger partial charge in [-0.15, -0.1) is 0 Å². The van der Waals surface area contributed by atoms with E-state index in [0.717, 1.165) is 32.5 Å². The van der Waals surface area contributed by atoms with E-state index in [0.29, 0.717) is 0 Å². The summed E-state index contributed by atoms with van der Waals surface area (Å²) in [6.07, 6.45) is 1.98. The summed E-state index contributed by atoms with van der Waals surface area (Å²) in [6, 6.07) is 10.5. The molecule has 0 saturated carbocycles. The number of hydrogen-bond acceptors (Lipinski definition) is 3. The molecular formula is C16H23N3O. The van der Waals surface area contributed by atoms with Gasteiger partial charge in [-0.1, -0.05) is 30.3 Å². The normalized spacial score (nSPS) is 26.4. The average Bonchev–Trinajstić information content (AvgIpc) is 2.68. The summed E-state index contributed by atoms with van der Waals surface area (Å²) in [6.45, 7) is 5.00. The summed E-state index contributed by atoms with van der Waals surface area (Å²) >= 11 is 0. The number of nitrogens with zero attached hydrogens (tertiary/aromatic N) is 2. The summed E-state index contributed by atoms with van der Waals surface area (Å²) in [4.78, 5) is 16.7. The maximum atomic E-state index is 12.4. The quantitative estimate of drug-likeness (QED) is 0.885. The van der Waals surface area contributed by atoms with Crippen molar-refractivity contribution < 1.29 is 4.79 Å². The topological polar surface area (TPSA) is 35.6 Å². The predicted molar refractivity (Wildman–Crippen MR) is 79.1 cm³/mol. The average molecular weight is 273 g/mol. The van der Waals surface area contributed by atoms with Crippen LogP contribution in [0.25, 0.3) is 0 Å². The first-order chi connectivity index (χ1) is 9.61. The van der Waals surface area contributed by atoms with Gasteiger partial charge in [0.15, 0.2) is 0 Å². The maximum Gasteiger partial charge on any atom is 0.244 e. The zero-order chi connectivity index (χ0) is 14.2. The Morgan fingerprint density at radius 3 is 2.45 bits per heavy atom. The molecule has 2 saturated heterocycles. The van der Waals surface area contributed by atoms with Crippen molar-refractivity contribution in [2.75, 3.05) is 20.1 Å². The Morgan fingerprint density at radius 2 is 1.90 bits per heavy atom. The molecule has 108 valence electrons. The number of amides is 1.